The summed E-state index contributed by atoms with van der Waals surface area (Å²) in [5.74, 6) is 0. The maximum atomic E-state index is 5.65. The van der Waals surface area contributed by atoms with Gasteiger partial charge in [-0.25, -0.2) is 0 Å². The number of nitrogens with one attached hydrogen (secondary N) is 1. The van der Waals surface area contributed by atoms with E-state index >= 15 is 0 Å². The first-order chi connectivity index (χ1) is 8.72. The standard InChI is InChI=1S/C15H32N2O/c1-4-5-6-8-14(2)16-10-11-17(3)13-15-9-7-12-18-15/h14-16H,4-13H2,1-3H3. The lowest BCUT2D eigenvalue weighted by Crippen LogP contribution is -2.37. The van der Waals surface area contributed by atoms with Crippen molar-refractivity contribution in [1.29, 1.82) is 0 Å². The van der Waals surface area contributed by atoms with Gasteiger partial charge in [0.25, 0.3) is 0 Å². The molecular formula is C15H32N2O. The lowest BCUT2D eigenvalue weighted by Gasteiger charge is -2.22. The van der Waals surface area contributed by atoms with Crippen LogP contribution < -0.4 is 5.32 Å². The van der Waals surface area contributed by atoms with Gasteiger partial charge in [-0.15, -0.1) is 0 Å². The first kappa shape index (κ1) is 15.9. The van der Waals surface area contributed by atoms with Crippen molar-refractivity contribution in [2.45, 2.75) is 64.5 Å². The van der Waals surface area contributed by atoms with Crippen molar-refractivity contribution in [3.8, 4) is 0 Å². The van der Waals surface area contributed by atoms with E-state index in [1.165, 1.54) is 38.5 Å². The lowest BCUT2D eigenvalue weighted by atomic mass is 10.1. The molecular weight excluding hydrogens is 224 g/mol. The molecule has 1 aliphatic rings. The first-order valence-corrected chi connectivity index (χ1v) is 7.76. The molecule has 0 radical (unpaired) electrons. The fourth-order valence-corrected chi connectivity index (χ4v) is 2.53. The normalized spacial score (nSPS) is 21.7. The zero-order valence-corrected chi connectivity index (χ0v) is 12.6. The third-order valence-corrected chi connectivity index (χ3v) is 3.77. The predicted molar refractivity (Wildman–Crippen MR) is 78.1 cm³/mol. The van der Waals surface area contributed by atoms with Crippen LogP contribution in [-0.4, -0.2) is 50.3 Å². The van der Waals surface area contributed by atoms with Gasteiger partial charge in [0, 0.05) is 32.3 Å². The molecule has 2 unspecified atom stereocenters. The van der Waals surface area contributed by atoms with Gasteiger partial charge in [-0.2, -0.15) is 0 Å². The Morgan fingerprint density at radius 3 is 2.89 bits per heavy atom. The average molecular weight is 256 g/mol. The Labute approximate surface area is 113 Å². The smallest absolute Gasteiger partial charge is 0.0702 e. The van der Waals surface area contributed by atoms with Crippen LogP contribution in [0.1, 0.15) is 52.4 Å². The molecule has 0 amide bonds. The summed E-state index contributed by atoms with van der Waals surface area (Å²) in [6, 6.07) is 0.660. The quantitative estimate of drug-likeness (QED) is 0.608. The van der Waals surface area contributed by atoms with Gasteiger partial charge >= 0.3 is 0 Å². The minimum atomic E-state index is 0.483. The molecule has 1 fully saturated rings. The van der Waals surface area contributed by atoms with Crippen LogP contribution in [0, 0.1) is 0 Å². The van der Waals surface area contributed by atoms with E-state index in [0.717, 1.165) is 26.2 Å². The Morgan fingerprint density at radius 2 is 2.22 bits per heavy atom. The van der Waals surface area contributed by atoms with E-state index in [2.05, 4.69) is 31.1 Å². The minimum Gasteiger partial charge on any atom is -0.377 e. The number of hydrogen-bond donors (Lipinski definition) is 1. The summed E-state index contributed by atoms with van der Waals surface area (Å²) < 4.78 is 5.65. The van der Waals surface area contributed by atoms with Crippen molar-refractivity contribution in [2.75, 3.05) is 33.3 Å². The van der Waals surface area contributed by atoms with Crippen molar-refractivity contribution < 1.29 is 4.74 Å². The van der Waals surface area contributed by atoms with Crippen LogP contribution in [0.25, 0.3) is 0 Å². The average Bonchev–Trinajstić information content (AvgIpc) is 2.82. The van der Waals surface area contributed by atoms with E-state index in [1.807, 2.05) is 0 Å². The van der Waals surface area contributed by atoms with Crippen molar-refractivity contribution in [2.24, 2.45) is 0 Å². The summed E-state index contributed by atoms with van der Waals surface area (Å²) in [6.07, 6.45) is 8.31. The molecule has 0 aromatic heterocycles. The molecule has 0 saturated carbocycles. The second kappa shape index (κ2) is 9.76. The van der Waals surface area contributed by atoms with Gasteiger partial charge in [0.1, 0.15) is 0 Å². The third kappa shape index (κ3) is 7.34. The Balaban J connectivity index is 1.95. The van der Waals surface area contributed by atoms with E-state index in [4.69, 9.17) is 4.74 Å². The fraction of sp³-hybridized carbons (Fsp3) is 1.00. The molecule has 0 aromatic rings. The molecule has 1 aliphatic heterocycles. The number of unbranched alkanes of at least 4 members (excludes halogenated alkanes) is 2. The van der Waals surface area contributed by atoms with Crippen LogP contribution in [0.5, 0.6) is 0 Å². The molecule has 0 spiro atoms. The van der Waals surface area contributed by atoms with Gasteiger partial charge in [-0.05, 0) is 33.2 Å². The van der Waals surface area contributed by atoms with E-state index in [1.54, 1.807) is 0 Å². The maximum absolute atomic E-state index is 5.65. The third-order valence-electron chi connectivity index (χ3n) is 3.77. The number of likely N-dealkylation sites (N-methyl/N-ethyl adjacent to an activating group) is 1. The van der Waals surface area contributed by atoms with E-state index in [-0.39, 0.29) is 0 Å². The van der Waals surface area contributed by atoms with Crippen LogP contribution in [0.2, 0.25) is 0 Å². The zero-order chi connectivity index (χ0) is 13.2. The number of hydrogen-bond acceptors (Lipinski definition) is 3. The molecule has 1 N–H and O–H groups in total. The van der Waals surface area contributed by atoms with Gasteiger partial charge in [0.15, 0.2) is 0 Å². The number of ether oxygens (including phenoxy) is 1. The largest absolute Gasteiger partial charge is 0.377 e. The van der Waals surface area contributed by atoms with E-state index in [0.29, 0.717) is 12.1 Å². The van der Waals surface area contributed by atoms with E-state index in [9.17, 15) is 0 Å². The topological polar surface area (TPSA) is 24.5 Å². The number of nitrogens with zero attached hydrogens (tertiary/aromatic N) is 1. The van der Waals surface area contributed by atoms with Crippen LogP contribution in [-0.2, 0) is 4.74 Å². The Kier molecular flexibility index (Phi) is 8.64. The molecule has 108 valence electrons. The first-order valence-electron chi connectivity index (χ1n) is 7.76. The summed E-state index contributed by atoms with van der Waals surface area (Å²) in [5, 5.41) is 3.61. The highest BCUT2D eigenvalue weighted by atomic mass is 16.5. The summed E-state index contributed by atoms with van der Waals surface area (Å²) in [6.45, 7) is 8.83. The fourth-order valence-electron chi connectivity index (χ4n) is 2.53. The van der Waals surface area contributed by atoms with Gasteiger partial charge in [0.05, 0.1) is 6.10 Å². The van der Waals surface area contributed by atoms with Crippen LogP contribution in [0.4, 0.5) is 0 Å². The highest BCUT2D eigenvalue weighted by Gasteiger charge is 2.16. The van der Waals surface area contributed by atoms with Crippen molar-refractivity contribution in [1.82, 2.24) is 10.2 Å². The highest BCUT2D eigenvalue weighted by molar-refractivity contribution is 4.69. The molecule has 1 heterocycles. The van der Waals surface area contributed by atoms with Crippen molar-refractivity contribution >= 4 is 0 Å². The molecule has 1 rings (SSSR count). The molecule has 0 aromatic carbocycles. The van der Waals surface area contributed by atoms with Crippen LogP contribution in [0.3, 0.4) is 0 Å². The predicted octanol–water partition coefficient (Wildman–Crippen LogP) is 2.66. The van der Waals surface area contributed by atoms with Crippen molar-refractivity contribution in [3.63, 3.8) is 0 Å². The molecule has 3 heteroatoms. The molecule has 18 heavy (non-hydrogen) atoms. The number of rotatable bonds is 10. The van der Waals surface area contributed by atoms with Gasteiger partial charge < -0.3 is 15.0 Å². The summed E-state index contributed by atoms with van der Waals surface area (Å²) >= 11 is 0. The summed E-state index contributed by atoms with van der Waals surface area (Å²) in [4.78, 5) is 2.39. The second-order valence-electron chi connectivity index (χ2n) is 5.75. The molecule has 3 nitrogen and oxygen atoms in total. The zero-order valence-electron chi connectivity index (χ0n) is 12.6. The Bertz CT molecular complexity index is 193. The van der Waals surface area contributed by atoms with Crippen LogP contribution in [0.15, 0.2) is 0 Å². The van der Waals surface area contributed by atoms with Gasteiger partial charge in [-0.1, -0.05) is 26.2 Å². The van der Waals surface area contributed by atoms with E-state index < -0.39 is 0 Å². The highest BCUT2D eigenvalue weighted by Crippen LogP contribution is 2.12. The van der Waals surface area contributed by atoms with Crippen molar-refractivity contribution in [3.05, 3.63) is 0 Å². The second-order valence-corrected chi connectivity index (χ2v) is 5.75. The molecule has 0 aliphatic carbocycles. The van der Waals surface area contributed by atoms with Gasteiger partial charge in [0.2, 0.25) is 0 Å². The van der Waals surface area contributed by atoms with Gasteiger partial charge in [-0.3, -0.25) is 0 Å². The SMILES string of the molecule is CCCCCC(C)NCCN(C)CC1CCCO1. The Morgan fingerprint density at radius 1 is 1.39 bits per heavy atom. The molecule has 2 atom stereocenters. The monoisotopic (exact) mass is 256 g/mol. The molecule has 0 bridgehead atoms. The Hall–Kier alpha value is -0.120. The molecule has 1 saturated heterocycles. The lowest BCUT2D eigenvalue weighted by molar-refractivity contribution is 0.0813. The minimum absolute atomic E-state index is 0.483. The van der Waals surface area contributed by atoms with Crippen LogP contribution >= 0.6 is 0 Å². The summed E-state index contributed by atoms with van der Waals surface area (Å²) in [7, 11) is 2.20. The summed E-state index contributed by atoms with van der Waals surface area (Å²) in [5.41, 5.74) is 0. The maximum Gasteiger partial charge on any atom is 0.0702 e.